The van der Waals surface area contributed by atoms with Crippen molar-refractivity contribution in [1.29, 1.82) is 0 Å². The van der Waals surface area contributed by atoms with Crippen LogP contribution in [0, 0.1) is 17.8 Å². The van der Waals surface area contributed by atoms with Crippen molar-refractivity contribution in [3.05, 3.63) is 23.3 Å². The molecule has 198 valence electrons. The number of ether oxygens (including phenoxy) is 4. The largest absolute Gasteiger partial charge is 0.459 e. The summed E-state index contributed by atoms with van der Waals surface area (Å²) in [6, 6.07) is 0. The topological polar surface area (TPSA) is 112 Å². The van der Waals surface area contributed by atoms with E-state index in [1.54, 1.807) is 26.8 Å². The number of fused-ring (bicyclic) bond motifs is 1. The molecule has 0 bridgehead atoms. The fourth-order valence-electron chi connectivity index (χ4n) is 4.58. The lowest BCUT2D eigenvalue weighted by Crippen LogP contribution is -2.52. The van der Waals surface area contributed by atoms with Crippen LogP contribution in [0.5, 0.6) is 0 Å². The summed E-state index contributed by atoms with van der Waals surface area (Å²) in [6.07, 6.45) is 1.11. The van der Waals surface area contributed by atoms with Gasteiger partial charge in [-0.3, -0.25) is 9.59 Å². The van der Waals surface area contributed by atoms with Crippen molar-refractivity contribution in [2.24, 2.45) is 17.8 Å². The highest BCUT2D eigenvalue weighted by Gasteiger charge is 2.61. The Hall–Kier alpha value is -2.19. The second kappa shape index (κ2) is 11.7. The van der Waals surface area contributed by atoms with Gasteiger partial charge in [-0.2, -0.15) is 0 Å². The van der Waals surface area contributed by atoms with Crippen LogP contribution < -0.4 is 0 Å². The Morgan fingerprint density at radius 3 is 2.26 bits per heavy atom. The SMILES string of the molecule is C/C=C(\C)C(=O)O[C@H]1[C@H](C(C)C)[C@H](OC(=O)C(C)C(C)O)[C@H]2O[C@]2(C)CC/C=C(/C)[C@@H]1OC(C)=O. The van der Waals surface area contributed by atoms with Gasteiger partial charge in [0.15, 0.2) is 6.10 Å². The third-order valence-corrected chi connectivity index (χ3v) is 7.26. The molecule has 8 atom stereocenters. The van der Waals surface area contributed by atoms with Crippen molar-refractivity contribution >= 4 is 17.9 Å². The number of aliphatic hydroxyl groups excluding tert-OH is 1. The van der Waals surface area contributed by atoms with Gasteiger partial charge in [-0.05, 0) is 65.9 Å². The van der Waals surface area contributed by atoms with Gasteiger partial charge in [-0.15, -0.1) is 0 Å². The summed E-state index contributed by atoms with van der Waals surface area (Å²) in [4.78, 5) is 38.1. The summed E-state index contributed by atoms with van der Waals surface area (Å²) in [6.45, 7) is 15.6. The summed E-state index contributed by atoms with van der Waals surface area (Å²) in [7, 11) is 0. The van der Waals surface area contributed by atoms with E-state index in [2.05, 4.69) is 0 Å². The number of hydrogen-bond acceptors (Lipinski definition) is 8. The van der Waals surface area contributed by atoms with Gasteiger partial charge in [0.1, 0.15) is 18.3 Å². The predicted octanol–water partition coefficient (Wildman–Crippen LogP) is 3.89. The summed E-state index contributed by atoms with van der Waals surface area (Å²) in [5.74, 6) is -3.04. The van der Waals surface area contributed by atoms with Crippen molar-refractivity contribution in [2.75, 3.05) is 0 Å². The molecule has 1 aliphatic carbocycles. The van der Waals surface area contributed by atoms with E-state index in [1.807, 2.05) is 33.8 Å². The molecule has 1 saturated heterocycles. The molecule has 2 rings (SSSR count). The predicted molar refractivity (Wildman–Crippen MR) is 130 cm³/mol. The van der Waals surface area contributed by atoms with Crippen LogP contribution in [0.25, 0.3) is 0 Å². The highest BCUT2D eigenvalue weighted by Crippen LogP contribution is 2.48. The lowest BCUT2D eigenvalue weighted by molar-refractivity contribution is -0.181. The van der Waals surface area contributed by atoms with Gasteiger partial charge >= 0.3 is 17.9 Å². The van der Waals surface area contributed by atoms with Crippen LogP contribution in [0.4, 0.5) is 0 Å². The molecule has 0 spiro atoms. The maximum Gasteiger partial charge on any atom is 0.333 e. The molecule has 0 saturated carbocycles. The molecule has 8 heteroatoms. The second-order valence-corrected chi connectivity index (χ2v) is 10.5. The molecule has 8 nitrogen and oxygen atoms in total. The molecule has 0 amide bonds. The monoisotopic (exact) mass is 494 g/mol. The van der Waals surface area contributed by atoms with Crippen LogP contribution in [0.15, 0.2) is 23.3 Å². The molecule has 1 heterocycles. The Labute approximate surface area is 209 Å². The Kier molecular flexibility index (Phi) is 9.71. The van der Waals surface area contributed by atoms with E-state index >= 15 is 0 Å². The molecule has 2 aliphatic rings. The Bertz CT molecular complexity index is 857. The fourth-order valence-corrected chi connectivity index (χ4v) is 4.58. The molecule has 2 unspecified atom stereocenters. The standard InChI is InChI=1S/C27H42O8/c1-10-15(4)25(30)33-22-20(14(2)3)23(34-26(31)17(6)18(7)28)24-27(9,35-24)13-11-12-16(5)21(22)32-19(8)29/h10,12,14,17-18,20-24,28H,11,13H2,1-9H3/b15-10+,16-12-/t17?,18?,20-,21-,22-,23-,24+,27+/m0/s1. The molecule has 0 radical (unpaired) electrons. The van der Waals surface area contributed by atoms with Crippen molar-refractivity contribution in [3.63, 3.8) is 0 Å². The van der Waals surface area contributed by atoms with Crippen LogP contribution >= 0.6 is 0 Å². The van der Waals surface area contributed by atoms with Crippen LogP contribution in [0.1, 0.15) is 75.2 Å². The molecule has 1 N–H and O–H groups in total. The number of carbonyl (C=O) groups excluding carboxylic acids is 3. The van der Waals surface area contributed by atoms with Gasteiger partial charge in [-0.25, -0.2) is 4.79 Å². The van der Waals surface area contributed by atoms with Gasteiger partial charge in [0.05, 0.1) is 17.6 Å². The number of aliphatic hydroxyl groups is 1. The second-order valence-electron chi connectivity index (χ2n) is 10.5. The van der Waals surface area contributed by atoms with Gasteiger partial charge in [0, 0.05) is 18.4 Å². The van der Waals surface area contributed by atoms with Crippen molar-refractivity contribution in [3.8, 4) is 0 Å². The van der Waals surface area contributed by atoms with E-state index in [9.17, 15) is 19.5 Å². The first-order valence-electron chi connectivity index (χ1n) is 12.5. The van der Waals surface area contributed by atoms with Crippen LogP contribution in [-0.4, -0.2) is 59.1 Å². The van der Waals surface area contributed by atoms with E-state index in [0.29, 0.717) is 18.4 Å². The first kappa shape index (κ1) is 29.0. The summed E-state index contributed by atoms with van der Waals surface area (Å²) in [5, 5.41) is 9.97. The number of allylic oxidation sites excluding steroid dienone is 2. The lowest BCUT2D eigenvalue weighted by Gasteiger charge is -2.40. The zero-order valence-electron chi connectivity index (χ0n) is 22.5. The van der Waals surface area contributed by atoms with Crippen LogP contribution in [-0.2, 0) is 33.3 Å². The minimum atomic E-state index is -0.927. The van der Waals surface area contributed by atoms with Crippen molar-refractivity contribution in [2.45, 2.75) is 111 Å². The van der Waals surface area contributed by atoms with Gasteiger partial charge in [0.25, 0.3) is 0 Å². The normalized spacial score (nSPS) is 34.5. The van der Waals surface area contributed by atoms with Crippen molar-refractivity contribution in [1.82, 2.24) is 0 Å². The average Bonchev–Trinajstić information content (AvgIpc) is 3.44. The highest BCUT2D eigenvalue weighted by molar-refractivity contribution is 5.87. The Morgan fingerprint density at radius 1 is 1.11 bits per heavy atom. The molecule has 1 aliphatic heterocycles. The number of esters is 3. The summed E-state index contributed by atoms with van der Waals surface area (Å²) < 4.78 is 23.9. The molecule has 0 aromatic carbocycles. The molecular weight excluding hydrogens is 452 g/mol. The third kappa shape index (κ3) is 6.94. The van der Waals surface area contributed by atoms with Gasteiger partial charge in [-0.1, -0.05) is 26.0 Å². The van der Waals surface area contributed by atoms with E-state index in [-0.39, 0.29) is 5.92 Å². The van der Waals surface area contributed by atoms with E-state index < -0.39 is 65.9 Å². The van der Waals surface area contributed by atoms with Crippen LogP contribution in [0.3, 0.4) is 0 Å². The number of hydrogen-bond donors (Lipinski definition) is 1. The van der Waals surface area contributed by atoms with E-state index in [4.69, 9.17) is 18.9 Å². The quantitative estimate of drug-likeness (QED) is 0.187. The maximum atomic E-state index is 13.0. The summed E-state index contributed by atoms with van der Waals surface area (Å²) >= 11 is 0. The van der Waals surface area contributed by atoms with E-state index in [0.717, 1.165) is 5.57 Å². The lowest BCUT2D eigenvalue weighted by atomic mass is 9.77. The molecule has 1 fully saturated rings. The Balaban J connectivity index is 2.64. The minimum absolute atomic E-state index is 0.142. The first-order chi connectivity index (χ1) is 16.2. The number of rotatable bonds is 7. The van der Waals surface area contributed by atoms with Crippen LogP contribution in [0.2, 0.25) is 0 Å². The fraction of sp³-hybridized carbons (Fsp3) is 0.741. The van der Waals surface area contributed by atoms with Gasteiger partial charge < -0.3 is 24.1 Å². The molecular formula is C27H42O8. The number of epoxide rings is 1. The zero-order valence-corrected chi connectivity index (χ0v) is 22.5. The third-order valence-electron chi connectivity index (χ3n) is 7.26. The van der Waals surface area contributed by atoms with E-state index in [1.165, 1.54) is 13.8 Å². The first-order valence-corrected chi connectivity index (χ1v) is 12.5. The smallest absolute Gasteiger partial charge is 0.333 e. The highest BCUT2D eigenvalue weighted by atomic mass is 16.6. The zero-order chi connectivity index (χ0) is 26.7. The molecule has 0 aromatic heterocycles. The van der Waals surface area contributed by atoms with Crippen molar-refractivity contribution < 1.29 is 38.4 Å². The number of carbonyl (C=O) groups is 3. The Morgan fingerprint density at radius 2 is 1.74 bits per heavy atom. The molecule has 0 aromatic rings. The summed E-state index contributed by atoms with van der Waals surface area (Å²) in [5.41, 5.74) is 0.661. The average molecular weight is 495 g/mol. The minimum Gasteiger partial charge on any atom is -0.459 e. The van der Waals surface area contributed by atoms with Gasteiger partial charge in [0.2, 0.25) is 0 Å². The maximum absolute atomic E-state index is 13.0. The molecule has 35 heavy (non-hydrogen) atoms.